The first-order chi connectivity index (χ1) is 8.95. The zero-order valence-corrected chi connectivity index (χ0v) is 13.0. The molecule has 1 aliphatic heterocycles. The molecular formula is C12H21N3O2S2. The molecule has 1 fully saturated rings. The lowest BCUT2D eigenvalue weighted by atomic mass is 9.87. The quantitative estimate of drug-likeness (QED) is 0.903. The molecule has 2 rings (SSSR count). The fourth-order valence-corrected chi connectivity index (χ4v) is 4.40. The zero-order chi connectivity index (χ0) is 14.0. The normalized spacial score (nSPS) is 20.4. The van der Waals surface area contributed by atoms with Gasteiger partial charge >= 0.3 is 0 Å². The third kappa shape index (κ3) is 3.27. The summed E-state index contributed by atoms with van der Waals surface area (Å²) >= 11 is 1.17. The van der Waals surface area contributed by atoms with E-state index in [0.717, 1.165) is 30.6 Å². The highest BCUT2D eigenvalue weighted by atomic mass is 32.2. The third-order valence-corrected chi connectivity index (χ3v) is 6.43. The van der Waals surface area contributed by atoms with Crippen LogP contribution >= 0.6 is 11.3 Å². The van der Waals surface area contributed by atoms with Gasteiger partial charge < -0.3 is 4.90 Å². The summed E-state index contributed by atoms with van der Waals surface area (Å²) in [6.07, 6.45) is 4.93. The number of sulfonamides is 1. The Balaban J connectivity index is 2.07. The molecule has 0 bridgehead atoms. The topological polar surface area (TPSA) is 76.3 Å². The van der Waals surface area contributed by atoms with Crippen LogP contribution in [0, 0.1) is 11.8 Å². The number of nitrogens with zero attached hydrogens (tertiary/aromatic N) is 2. The van der Waals surface area contributed by atoms with Gasteiger partial charge in [-0.2, -0.15) is 0 Å². The minimum absolute atomic E-state index is 0.147. The third-order valence-electron chi connectivity index (χ3n) is 3.96. The molecule has 0 spiro atoms. The second-order valence-corrected chi connectivity index (χ2v) is 7.88. The molecular weight excluding hydrogens is 282 g/mol. The zero-order valence-electron chi connectivity index (χ0n) is 11.4. The van der Waals surface area contributed by atoms with Crippen molar-refractivity contribution in [3.8, 4) is 0 Å². The van der Waals surface area contributed by atoms with Gasteiger partial charge in [-0.15, -0.1) is 0 Å². The van der Waals surface area contributed by atoms with E-state index in [1.165, 1.54) is 30.4 Å². The summed E-state index contributed by atoms with van der Waals surface area (Å²) in [5.74, 6) is 1.44. The minimum atomic E-state index is -3.62. The van der Waals surface area contributed by atoms with Crippen LogP contribution in [0.1, 0.15) is 33.1 Å². The first kappa shape index (κ1) is 14.7. The van der Waals surface area contributed by atoms with Gasteiger partial charge in [0, 0.05) is 13.1 Å². The van der Waals surface area contributed by atoms with Crippen LogP contribution in [0.5, 0.6) is 0 Å². The standard InChI is InChI=1S/C12H21N3O2S2/c1-3-9(4-2)10-5-6-15(8-10)12-14-7-11(18-12)19(13,16)17/h7,9-10H,3-6,8H2,1-2H3,(H2,13,16,17). The highest BCUT2D eigenvalue weighted by Crippen LogP contribution is 2.34. The Hall–Kier alpha value is -0.660. The largest absolute Gasteiger partial charge is 0.348 e. The highest BCUT2D eigenvalue weighted by molar-refractivity contribution is 7.91. The average Bonchev–Trinajstić information content (AvgIpc) is 2.97. The van der Waals surface area contributed by atoms with Gasteiger partial charge in [-0.3, -0.25) is 0 Å². The summed E-state index contributed by atoms with van der Waals surface area (Å²) < 4.78 is 22.7. The Morgan fingerprint density at radius 2 is 2.21 bits per heavy atom. The fraction of sp³-hybridized carbons (Fsp3) is 0.750. The maximum Gasteiger partial charge on any atom is 0.249 e. The van der Waals surface area contributed by atoms with E-state index in [0.29, 0.717) is 5.92 Å². The monoisotopic (exact) mass is 303 g/mol. The van der Waals surface area contributed by atoms with E-state index in [-0.39, 0.29) is 4.21 Å². The molecule has 5 nitrogen and oxygen atoms in total. The smallest absolute Gasteiger partial charge is 0.249 e. The number of rotatable bonds is 5. The first-order valence-electron chi connectivity index (χ1n) is 6.69. The van der Waals surface area contributed by atoms with Crippen LogP contribution in [0.2, 0.25) is 0 Å². The van der Waals surface area contributed by atoms with Crippen molar-refractivity contribution in [1.29, 1.82) is 0 Å². The molecule has 2 N–H and O–H groups in total. The number of nitrogens with two attached hydrogens (primary N) is 1. The van der Waals surface area contributed by atoms with Gasteiger partial charge in [0.15, 0.2) is 9.34 Å². The molecule has 1 saturated heterocycles. The van der Waals surface area contributed by atoms with E-state index in [4.69, 9.17) is 5.14 Å². The van der Waals surface area contributed by atoms with Crippen molar-refractivity contribution in [3.05, 3.63) is 6.20 Å². The molecule has 0 aliphatic carbocycles. The van der Waals surface area contributed by atoms with Crippen LogP contribution in [-0.2, 0) is 10.0 Å². The Morgan fingerprint density at radius 1 is 1.53 bits per heavy atom. The molecule has 19 heavy (non-hydrogen) atoms. The van der Waals surface area contributed by atoms with Crippen LogP contribution in [0.15, 0.2) is 10.4 Å². The predicted octanol–water partition coefficient (Wildman–Crippen LogP) is 2.05. The van der Waals surface area contributed by atoms with Crippen molar-refractivity contribution >= 4 is 26.5 Å². The number of primary sulfonamides is 1. The lowest BCUT2D eigenvalue weighted by Gasteiger charge is -2.21. The van der Waals surface area contributed by atoms with E-state index in [9.17, 15) is 8.42 Å². The number of aromatic nitrogens is 1. The van der Waals surface area contributed by atoms with Crippen molar-refractivity contribution in [2.75, 3.05) is 18.0 Å². The Morgan fingerprint density at radius 3 is 2.74 bits per heavy atom. The van der Waals surface area contributed by atoms with Crippen LogP contribution in [0.3, 0.4) is 0 Å². The molecule has 1 unspecified atom stereocenters. The van der Waals surface area contributed by atoms with Gasteiger partial charge in [-0.05, 0) is 18.3 Å². The summed E-state index contributed by atoms with van der Waals surface area (Å²) in [5.41, 5.74) is 0. The van der Waals surface area contributed by atoms with Crippen molar-refractivity contribution < 1.29 is 8.42 Å². The molecule has 1 aliphatic rings. The Bertz CT molecular complexity index is 523. The molecule has 0 saturated carbocycles. The first-order valence-corrected chi connectivity index (χ1v) is 9.05. The average molecular weight is 303 g/mol. The number of hydrogen-bond donors (Lipinski definition) is 1. The fourth-order valence-electron chi connectivity index (χ4n) is 2.83. The van der Waals surface area contributed by atoms with Crippen LogP contribution in [0.25, 0.3) is 0 Å². The summed E-state index contributed by atoms with van der Waals surface area (Å²) in [6, 6.07) is 0. The lowest BCUT2D eigenvalue weighted by Crippen LogP contribution is -2.22. The molecule has 1 aromatic rings. The summed E-state index contributed by atoms with van der Waals surface area (Å²) in [7, 11) is -3.62. The van der Waals surface area contributed by atoms with Crippen LogP contribution < -0.4 is 10.0 Å². The number of anilines is 1. The van der Waals surface area contributed by atoms with Gasteiger partial charge in [-0.1, -0.05) is 38.0 Å². The van der Waals surface area contributed by atoms with E-state index >= 15 is 0 Å². The van der Waals surface area contributed by atoms with Crippen LogP contribution in [-0.4, -0.2) is 26.5 Å². The summed E-state index contributed by atoms with van der Waals surface area (Å²) in [6.45, 7) is 6.40. The van der Waals surface area contributed by atoms with Crippen molar-refractivity contribution in [2.45, 2.75) is 37.3 Å². The maximum atomic E-state index is 11.3. The summed E-state index contributed by atoms with van der Waals surface area (Å²) in [4.78, 5) is 6.38. The molecule has 0 amide bonds. The van der Waals surface area contributed by atoms with Gasteiger partial charge in [0.25, 0.3) is 0 Å². The molecule has 0 radical (unpaired) electrons. The minimum Gasteiger partial charge on any atom is -0.348 e. The molecule has 1 aromatic heterocycles. The van der Waals surface area contributed by atoms with Crippen molar-refractivity contribution in [2.24, 2.45) is 17.0 Å². The Labute approximate surface area is 118 Å². The predicted molar refractivity (Wildman–Crippen MR) is 77.9 cm³/mol. The van der Waals surface area contributed by atoms with Gasteiger partial charge in [0.1, 0.15) is 0 Å². The van der Waals surface area contributed by atoms with E-state index in [1.54, 1.807) is 0 Å². The van der Waals surface area contributed by atoms with E-state index < -0.39 is 10.0 Å². The molecule has 0 aromatic carbocycles. The van der Waals surface area contributed by atoms with Gasteiger partial charge in [0.2, 0.25) is 10.0 Å². The Kier molecular flexibility index (Phi) is 4.47. The van der Waals surface area contributed by atoms with Gasteiger partial charge in [-0.25, -0.2) is 18.5 Å². The molecule has 2 heterocycles. The highest BCUT2D eigenvalue weighted by Gasteiger charge is 2.29. The second-order valence-electron chi connectivity index (χ2n) is 5.08. The van der Waals surface area contributed by atoms with Crippen molar-refractivity contribution in [3.63, 3.8) is 0 Å². The van der Waals surface area contributed by atoms with Crippen molar-refractivity contribution in [1.82, 2.24) is 4.98 Å². The van der Waals surface area contributed by atoms with E-state index in [1.807, 2.05) is 0 Å². The number of hydrogen-bond acceptors (Lipinski definition) is 5. The molecule has 108 valence electrons. The molecule has 7 heteroatoms. The summed E-state index contributed by atoms with van der Waals surface area (Å²) in [5, 5.41) is 5.89. The number of thiazole rings is 1. The van der Waals surface area contributed by atoms with E-state index in [2.05, 4.69) is 23.7 Å². The lowest BCUT2D eigenvalue weighted by molar-refractivity contribution is 0.339. The second kappa shape index (κ2) is 5.76. The van der Waals surface area contributed by atoms with Gasteiger partial charge in [0.05, 0.1) is 6.20 Å². The van der Waals surface area contributed by atoms with Crippen LogP contribution in [0.4, 0.5) is 5.13 Å². The SMILES string of the molecule is CCC(CC)C1CCN(c2ncc(S(N)(=O)=O)s2)C1. The molecule has 1 atom stereocenters. The maximum absolute atomic E-state index is 11.3.